The van der Waals surface area contributed by atoms with E-state index in [4.69, 9.17) is 14.6 Å². The van der Waals surface area contributed by atoms with Gasteiger partial charge >= 0.3 is 12.4 Å². The summed E-state index contributed by atoms with van der Waals surface area (Å²) in [6.07, 6.45) is -11.7. The van der Waals surface area contributed by atoms with E-state index in [1.165, 1.54) is 13.0 Å². The lowest BCUT2D eigenvalue weighted by Gasteiger charge is -2.19. The molecular formula is C27H21F8NO4. The van der Waals surface area contributed by atoms with E-state index < -0.39 is 65.4 Å². The molecule has 13 heteroatoms. The average molecular weight is 575 g/mol. The van der Waals surface area contributed by atoms with Crippen LogP contribution in [0.1, 0.15) is 45.8 Å². The molecule has 1 amide bonds. The van der Waals surface area contributed by atoms with Crippen LogP contribution in [0.15, 0.2) is 48.5 Å². The number of anilines is 1. The molecule has 0 radical (unpaired) electrons. The van der Waals surface area contributed by atoms with E-state index in [0.29, 0.717) is 24.5 Å². The Kier molecular flexibility index (Phi) is 7.97. The number of hydrogen-bond acceptors (Lipinski definition) is 4. The number of amides is 1. The second kappa shape index (κ2) is 11.0. The number of halogens is 8. The van der Waals surface area contributed by atoms with E-state index in [1.54, 1.807) is 0 Å². The fraction of sp³-hybridized carbons (Fsp3) is 0.296. The van der Waals surface area contributed by atoms with Crippen LogP contribution in [0.3, 0.4) is 0 Å². The van der Waals surface area contributed by atoms with E-state index in [9.17, 15) is 39.9 Å². The van der Waals surface area contributed by atoms with Gasteiger partial charge in [-0.3, -0.25) is 4.79 Å². The summed E-state index contributed by atoms with van der Waals surface area (Å²) in [6.45, 7) is 0.157. The third kappa shape index (κ3) is 6.82. The standard InChI is InChI=1S/C27H21F8NO4/c1-13-8-15(28)4-7-21(13)40-22-11-17(14-2-3-14)19(26(30,31)32)10-18(22)25(38)36-16-5-6-20(29)23(9-16)39-12-24(37)27(33,34)35/h4-11,14,24,37H,2-3,12H2,1H3,(H,36,38). The molecule has 5 nitrogen and oxygen atoms in total. The first-order chi connectivity index (χ1) is 18.6. The second-order valence-electron chi connectivity index (χ2n) is 9.19. The summed E-state index contributed by atoms with van der Waals surface area (Å²) in [7, 11) is 0. The molecule has 1 unspecified atom stereocenters. The van der Waals surface area contributed by atoms with Crippen molar-refractivity contribution < 1.29 is 54.5 Å². The lowest BCUT2D eigenvalue weighted by atomic mass is 9.98. The number of aryl methyl sites for hydroxylation is 1. The van der Waals surface area contributed by atoms with Crippen LogP contribution in [0.2, 0.25) is 0 Å². The van der Waals surface area contributed by atoms with Gasteiger partial charge in [-0.2, -0.15) is 26.3 Å². The van der Waals surface area contributed by atoms with Crippen LogP contribution in [0.4, 0.5) is 40.8 Å². The number of aliphatic hydroxyl groups excluding tert-OH is 1. The van der Waals surface area contributed by atoms with Gasteiger partial charge in [-0.05, 0) is 79.3 Å². The van der Waals surface area contributed by atoms with Crippen molar-refractivity contribution in [2.24, 2.45) is 0 Å². The summed E-state index contributed by atoms with van der Waals surface area (Å²) < 4.78 is 118. The van der Waals surface area contributed by atoms with Crippen molar-refractivity contribution in [3.05, 3.63) is 82.4 Å². The molecule has 1 aliphatic carbocycles. The maximum atomic E-state index is 14.1. The zero-order valence-electron chi connectivity index (χ0n) is 20.6. The molecule has 40 heavy (non-hydrogen) atoms. The molecule has 3 aromatic rings. The van der Waals surface area contributed by atoms with Crippen molar-refractivity contribution >= 4 is 11.6 Å². The lowest BCUT2D eigenvalue weighted by Crippen LogP contribution is -2.34. The van der Waals surface area contributed by atoms with Gasteiger partial charge < -0.3 is 19.9 Å². The van der Waals surface area contributed by atoms with E-state index in [1.807, 2.05) is 0 Å². The number of aliphatic hydroxyl groups is 1. The number of carbonyl (C=O) groups is 1. The molecule has 1 saturated carbocycles. The first-order valence-corrected chi connectivity index (χ1v) is 11.8. The van der Waals surface area contributed by atoms with Gasteiger partial charge in [0.2, 0.25) is 0 Å². The fourth-order valence-electron chi connectivity index (χ4n) is 3.83. The second-order valence-corrected chi connectivity index (χ2v) is 9.19. The van der Waals surface area contributed by atoms with Crippen LogP contribution in [0.5, 0.6) is 17.2 Å². The maximum absolute atomic E-state index is 14.1. The predicted molar refractivity (Wildman–Crippen MR) is 127 cm³/mol. The normalized spacial score (nSPS) is 14.6. The molecule has 4 rings (SSSR count). The third-order valence-corrected chi connectivity index (χ3v) is 6.04. The highest BCUT2D eigenvalue weighted by atomic mass is 19.4. The quantitative estimate of drug-likeness (QED) is 0.273. The van der Waals surface area contributed by atoms with Gasteiger partial charge in [-0.15, -0.1) is 0 Å². The molecule has 2 N–H and O–H groups in total. The topological polar surface area (TPSA) is 67.8 Å². The van der Waals surface area contributed by atoms with Crippen LogP contribution in [0.25, 0.3) is 0 Å². The highest BCUT2D eigenvalue weighted by Gasteiger charge is 2.40. The van der Waals surface area contributed by atoms with E-state index >= 15 is 0 Å². The number of alkyl halides is 6. The van der Waals surface area contributed by atoms with Crippen molar-refractivity contribution in [3.8, 4) is 17.2 Å². The minimum absolute atomic E-state index is 0.0699. The van der Waals surface area contributed by atoms with E-state index in [0.717, 1.165) is 36.4 Å². The minimum atomic E-state index is -5.02. The minimum Gasteiger partial charge on any atom is -0.487 e. The zero-order chi connectivity index (χ0) is 29.4. The number of carbonyl (C=O) groups excluding carboxylic acids is 1. The van der Waals surface area contributed by atoms with Gasteiger partial charge in [-0.1, -0.05) is 0 Å². The molecule has 1 atom stereocenters. The first kappa shape index (κ1) is 29.1. The van der Waals surface area contributed by atoms with Gasteiger partial charge in [0.05, 0.1) is 11.1 Å². The Hall–Kier alpha value is -3.87. The van der Waals surface area contributed by atoms with Crippen LogP contribution in [0, 0.1) is 18.6 Å². The molecule has 1 aliphatic rings. The number of hydrogen-bond donors (Lipinski definition) is 2. The third-order valence-electron chi connectivity index (χ3n) is 6.04. The fourth-order valence-corrected chi connectivity index (χ4v) is 3.83. The largest absolute Gasteiger partial charge is 0.487 e. The maximum Gasteiger partial charge on any atom is 0.417 e. The van der Waals surface area contributed by atoms with Crippen molar-refractivity contribution in [1.29, 1.82) is 0 Å². The summed E-state index contributed by atoms with van der Waals surface area (Å²) in [5.74, 6) is -4.13. The molecule has 0 aromatic heterocycles. The number of benzene rings is 3. The Bertz CT molecular complexity index is 1420. The van der Waals surface area contributed by atoms with Crippen LogP contribution < -0.4 is 14.8 Å². The van der Waals surface area contributed by atoms with E-state index in [2.05, 4.69) is 5.32 Å². The number of ether oxygens (including phenoxy) is 2. The van der Waals surface area contributed by atoms with Crippen LogP contribution in [-0.4, -0.2) is 29.9 Å². The molecule has 1 fully saturated rings. The molecule has 0 aliphatic heterocycles. The molecule has 3 aromatic carbocycles. The van der Waals surface area contributed by atoms with Gasteiger partial charge in [-0.25, -0.2) is 8.78 Å². The Morgan fingerprint density at radius 2 is 1.68 bits per heavy atom. The summed E-state index contributed by atoms with van der Waals surface area (Å²) >= 11 is 0. The summed E-state index contributed by atoms with van der Waals surface area (Å²) in [4.78, 5) is 13.2. The highest BCUT2D eigenvalue weighted by molar-refractivity contribution is 6.06. The molecule has 214 valence electrons. The molecule has 0 spiro atoms. The van der Waals surface area contributed by atoms with Crippen molar-refractivity contribution in [2.75, 3.05) is 11.9 Å². The Morgan fingerprint density at radius 3 is 2.27 bits per heavy atom. The summed E-state index contributed by atoms with van der Waals surface area (Å²) in [5, 5.41) is 11.3. The van der Waals surface area contributed by atoms with Crippen LogP contribution >= 0.6 is 0 Å². The number of nitrogens with one attached hydrogen (secondary N) is 1. The van der Waals surface area contributed by atoms with Crippen molar-refractivity contribution in [1.82, 2.24) is 0 Å². The highest BCUT2D eigenvalue weighted by Crippen LogP contribution is 2.48. The zero-order valence-corrected chi connectivity index (χ0v) is 20.6. The first-order valence-electron chi connectivity index (χ1n) is 11.8. The predicted octanol–water partition coefficient (Wildman–Crippen LogP) is 7.52. The van der Waals surface area contributed by atoms with Gasteiger partial charge in [0, 0.05) is 11.8 Å². The SMILES string of the molecule is Cc1cc(F)ccc1Oc1cc(C2CC2)c(C(F)(F)F)cc1C(=O)Nc1ccc(F)c(OCC(O)C(F)(F)F)c1. The smallest absolute Gasteiger partial charge is 0.417 e. The molecule has 0 bridgehead atoms. The monoisotopic (exact) mass is 575 g/mol. The number of rotatable bonds is 8. The van der Waals surface area contributed by atoms with Gasteiger partial charge in [0.15, 0.2) is 17.7 Å². The summed E-state index contributed by atoms with van der Waals surface area (Å²) in [5.41, 5.74) is -1.60. The van der Waals surface area contributed by atoms with Crippen LogP contribution in [-0.2, 0) is 6.18 Å². The van der Waals surface area contributed by atoms with E-state index in [-0.39, 0.29) is 22.7 Å². The summed E-state index contributed by atoms with van der Waals surface area (Å²) in [6, 6.07) is 7.76. The average Bonchev–Trinajstić information content (AvgIpc) is 3.70. The molecule has 0 heterocycles. The van der Waals surface area contributed by atoms with Gasteiger partial charge in [0.1, 0.15) is 23.9 Å². The Labute approximate surface area is 222 Å². The molecule has 0 saturated heterocycles. The molecular weight excluding hydrogens is 554 g/mol. The Morgan fingerprint density at radius 1 is 0.975 bits per heavy atom. The van der Waals surface area contributed by atoms with Crippen molar-refractivity contribution in [2.45, 2.75) is 44.1 Å². The Balaban J connectivity index is 1.68. The van der Waals surface area contributed by atoms with Gasteiger partial charge in [0.25, 0.3) is 5.91 Å². The lowest BCUT2D eigenvalue weighted by molar-refractivity contribution is -0.210. The van der Waals surface area contributed by atoms with Crippen molar-refractivity contribution in [3.63, 3.8) is 0 Å².